The molecular weight excluding hydrogens is 314 g/mol. The van der Waals surface area contributed by atoms with Crippen molar-refractivity contribution in [2.45, 2.75) is 19.0 Å². The normalized spacial score (nSPS) is 17.3. The van der Waals surface area contributed by atoms with Gasteiger partial charge in [0.15, 0.2) is 0 Å². The molecule has 0 radical (unpaired) electrons. The van der Waals surface area contributed by atoms with Crippen molar-refractivity contribution in [3.63, 3.8) is 0 Å². The molecular formula is C17H16ClN3O2. The van der Waals surface area contributed by atoms with Crippen LogP contribution in [-0.4, -0.2) is 34.3 Å². The lowest BCUT2D eigenvalue weighted by atomic mass is 10.2. The first-order chi connectivity index (χ1) is 11.1. The molecule has 0 saturated carbocycles. The van der Waals surface area contributed by atoms with Crippen molar-refractivity contribution in [2.75, 3.05) is 6.54 Å². The fraction of sp³-hybridized carbons (Fsp3) is 0.235. The highest BCUT2D eigenvalue weighted by Gasteiger charge is 2.30. The Morgan fingerprint density at radius 1 is 1.30 bits per heavy atom. The first-order valence-corrected chi connectivity index (χ1v) is 7.74. The Morgan fingerprint density at radius 2 is 2.09 bits per heavy atom. The molecule has 118 valence electrons. The number of hydrogen-bond donors (Lipinski definition) is 1. The van der Waals surface area contributed by atoms with Crippen LogP contribution in [0.15, 0.2) is 48.7 Å². The summed E-state index contributed by atoms with van der Waals surface area (Å²) in [5.74, 6) is -0.194. The van der Waals surface area contributed by atoms with Crippen molar-refractivity contribution in [1.29, 1.82) is 0 Å². The van der Waals surface area contributed by atoms with Gasteiger partial charge in [-0.15, -0.1) is 0 Å². The number of pyridine rings is 1. The Morgan fingerprint density at radius 3 is 2.83 bits per heavy atom. The lowest BCUT2D eigenvalue weighted by molar-refractivity contribution is -0.128. The largest absolute Gasteiger partial charge is 0.347 e. The van der Waals surface area contributed by atoms with Gasteiger partial charge in [0.1, 0.15) is 5.15 Å². The third kappa shape index (κ3) is 3.87. The summed E-state index contributed by atoms with van der Waals surface area (Å²) in [5, 5.41) is 3.15. The van der Waals surface area contributed by atoms with Gasteiger partial charge in [0.05, 0.1) is 6.04 Å². The molecule has 1 aromatic carbocycles. The molecule has 2 heterocycles. The molecule has 0 aliphatic carbocycles. The molecule has 2 amide bonds. The Balaban J connectivity index is 1.60. The highest BCUT2D eigenvalue weighted by molar-refractivity contribution is 6.29. The summed E-state index contributed by atoms with van der Waals surface area (Å²) in [5.41, 5.74) is 1.52. The van der Waals surface area contributed by atoms with Crippen molar-refractivity contribution < 1.29 is 9.59 Å². The number of carbonyl (C=O) groups excluding carboxylic acids is 2. The smallest absolute Gasteiger partial charge is 0.251 e. The third-order valence-corrected chi connectivity index (χ3v) is 3.96. The van der Waals surface area contributed by atoms with Crippen LogP contribution in [0.4, 0.5) is 0 Å². The van der Waals surface area contributed by atoms with E-state index in [0.29, 0.717) is 25.1 Å². The number of aromatic nitrogens is 1. The van der Waals surface area contributed by atoms with Crippen molar-refractivity contribution in [1.82, 2.24) is 15.2 Å². The van der Waals surface area contributed by atoms with E-state index in [0.717, 1.165) is 5.56 Å². The zero-order valence-corrected chi connectivity index (χ0v) is 13.2. The third-order valence-electron chi connectivity index (χ3n) is 3.75. The summed E-state index contributed by atoms with van der Waals surface area (Å²) in [6, 6.07) is 12.7. The maximum Gasteiger partial charge on any atom is 0.251 e. The monoisotopic (exact) mass is 329 g/mol. The molecule has 1 aliphatic heterocycles. The summed E-state index contributed by atoms with van der Waals surface area (Å²) >= 11 is 5.79. The van der Waals surface area contributed by atoms with Crippen LogP contribution in [0.25, 0.3) is 0 Å². The number of halogens is 1. The molecule has 0 bridgehead atoms. The minimum atomic E-state index is -0.242. The van der Waals surface area contributed by atoms with Gasteiger partial charge in [0, 0.05) is 31.3 Å². The van der Waals surface area contributed by atoms with Gasteiger partial charge in [0.2, 0.25) is 5.91 Å². The van der Waals surface area contributed by atoms with Gasteiger partial charge in [-0.3, -0.25) is 9.59 Å². The lowest BCUT2D eigenvalue weighted by Crippen LogP contribution is -2.37. The quantitative estimate of drug-likeness (QED) is 0.875. The maximum atomic E-state index is 12.2. The zero-order chi connectivity index (χ0) is 16.2. The number of amides is 2. The van der Waals surface area contributed by atoms with Gasteiger partial charge in [-0.25, -0.2) is 4.98 Å². The summed E-state index contributed by atoms with van der Waals surface area (Å²) in [6.45, 7) is 1.07. The Bertz CT molecular complexity index is 721. The van der Waals surface area contributed by atoms with E-state index in [2.05, 4.69) is 10.3 Å². The first-order valence-electron chi connectivity index (χ1n) is 7.36. The molecule has 1 atom stereocenters. The molecule has 1 saturated heterocycles. The average Bonchev–Trinajstić information content (AvgIpc) is 2.88. The molecule has 1 aromatic heterocycles. The predicted molar refractivity (Wildman–Crippen MR) is 87.0 cm³/mol. The first kappa shape index (κ1) is 15.5. The molecule has 1 aliphatic rings. The molecule has 1 N–H and O–H groups in total. The van der Waals surface area contributed by atoms with Crippen LogP contribution >= 0.6 is 11.6 Å². The Hall–Kier alpha value is -2.40. The van der Waals surface area contributed by atoms with E-state index < -0.39 is 0 Å². The fourth-order valence-electron chi connectivity index (χ4n) is 2.64. The summed E-state index contributed by atoms with van der Waals surface area (Å²) in [6.07, 6.45) is 1.80. The van der Waals surface area contributed by atoms with E-state index in [1.807, 2.05) is 30.3 Å². The number of rotatable bonds is 4. The predicted octanol–water partition coefficient (Wildman–Crippen LogP) is 2.27. The molecule has 3 rings (SSSR count). The fourth-order valence-corrected chi connectivity index (χ4v) is 2.81. The minimum Gasteiger partial charge on any atom is -0.347 e. The van der Waals surface area contributed by atoms with Gasteiger partial charge in [0.25, 0.3) is 5.91 Å². The van der Waals surface area contributed by atoms with Gasteiger partial charge < -0.3 is 10.2 Å². The molecule has 1 fully saturated rings. The van der Waals surface area contributed by atoms with Gasteiger partial charge >= 0.3 is 0 Å². The second kappa shape index (κ2) is 6.79. The average molecular weight is 330 g/mol. The number of carbonyl (C=O) groups is 2. The molecule has 1 unspecified atom stereocenters. The topological polar surface area (TPSA) is 62.3 Å². The molecule has 5 nitrogen and oxygen atoms in total. The summed E-state index contributed by atoms with van der Waals surface area (Å²) in [7, 11) is 0. The summed E-state index contributed by atoms with van der Waals surface area (Å²) < 4.78 is 0. The van der Waals surface area contributed by atoms with Crippen LogP contribution < -0.4 is 5.32 Å². The van der Waals surface area contributed by atoms with Crippen LogP contribution in [0.5, 0.6) is 0 Å². The number of hydrogen-bond acceptors (Lipinski definition) is 3. The van der Waals surface area contributed by atoms with E-state index in [9.17, 15) is 9.59 Å². The number of likely N-dealkylation sites (tertiary alicyclic amines) is 1. The Kier molecular flexibility index (Phi) is 4.57. The number of benzene rings is 1. The molecule has 2 aromatic rings. The van der Waals surface area contributed by atoms with Crippen LogP contribution in [0.1, 0.15) is 22.3 Å². The number of nitrogens with one attached hydrogen (secondary N) is 1. The van der Waals surface area contributed by atoms with Crippen LogP contribution in [0, 0.1) is 0 Å². The van der Waals surface area contributed by atoms with Crippen molar-refractivity contribution in [3.8, 4) is 0 Å². The zero-order valence-electron chi connectivity index (χ0n) is 12.4. The second-order valence-corrected chi connectivity index (χ2v) is 5.89. The maximum absolute atomic E-state index is 12.2. The van der Waals surface area contributed by atoms with E-state index in [1.54, 1.807) is 11.0 Å². The molecule has 23 heavy (non-hydrogen) atoms. The van der Waals surface area contributed by atoms with Gasteiger partial charge in [-0.2, -0.15) is 0 Å². The van der Waals surface area contributed by atoms with E-state index in [-0.39, 0.29) is 23.0 Å². The SMILES string of the molecule is O=C(NC1CC(=O)N(Cc2ccccc2)C1)c1ccnc(Cl)c1. The number of nitrogens with zero attached hydrogens (tertiary/aromatic N) is 2. The van der Waals surface area contributed by atoms with E-state index >= 15 is 0 Å². The van der Waals surface area contributed by atoms with Crippen LogP contribution in [-0.2, 0) is 11.3 Å². The highest BCUT2D eigenvalue weighted by Crippen LogP contribution is 2.16. The van der Waals surface area contributed by atoms with Crippen LogP contribution in [0.2, 0.25) is 5.15 Å². The van der Waals surface area contributed by atoms with Gasteiger partial charge in [-0.05, 0) is 17.7 Å². The summed E-state index contributed by atoms with van der Waals surface area (Å²) in [4.78, 5) is 29.9. The van der Waals surface area contributed by atoms with Crippen molar-refractivity contribution in [2.24, 2.45) is 0 Å². The molecule has 0 spiro atoms. The molecule has 6 heteroatoms. The standard InChI is InChI=1S/C17H16ClN3O2/c18-15-8-13(6-7-19-15)17(23)20-14-9-16(22)21(11-14)10-12-4-2-1-3-5-12/h1-8,14H,9-11H2,(H,20,23). The highest BCUT2D eigenvalue weighted by atomic mass is 35.5. The van der Waals surface area contributed by atoms with E-state index in [1.165, 1.54) is 12.3 Å². The van der Waals surface area contributed by atoms with Gasteiger partial charge in [-0.1, -0.05) is 41.9 Å². The van der Waals surface area contributed by atoms with Crippen LogP contribution in [0.3, 0.4) is 0 Å². The van der Waals surface area contributed by atoms with Crippen molar-refractivity contribution >= 4 is 23.4 Å². The Labute approximate surface area is 139 Å². The lowest BCUT2D eigenvalue weighted by Gasteiger charge is -2.17. The minimum absolute atomic E-state index is 0.0481. The van der Waals surface area contributed by atoms with Crippen molar-refractivity contribution in [3.05, 3.63) is 64.9 Å². The van der Waals surface area contributed by atoms with E-state index in [4.69, 9.17) is 11.6 Å². The second-order valence-electron chi connectivity index (χ2n) is 5.50.